The standard InChI is InChI=1S/C11H12O4S/c1-7-2-4-8(5-3-7)16-9(11(14)15)6-10(12)13/h2-5,9H,6H2,1H3,(H,12,13)(H,14,15). The molecule has 0 spiro atoms. The third-order valence-electron chi connectivity index (χ3n) is 1.93. The Morgan fingerprint density at radius 1 is 1.25 bits per heavy atom. The summed E-state index contributed by atoms with van der Waals surface area (Å²) in [6, 6.07) is 7.31. The lowest BCUT2D eigenvalue weighted by Crippen LogP contribution is -2.20. The molecule has 1 unspecified atom stereocenters. The molecule has 0 amide bonds. The molecule has 0 saturated heterocycles. The molecule has 1 aromatic carbocycles. The van der Waals surface area contributed by atoms with Crippen molar-refractivity contribution in [2.24, 2.45) is 0 Å². The second-order valence-electron chi connectivity index (χ2n) is 3.36. The van der Waals surface area contributed by atoms with Crippen LogP contribution in [0.25, 0.3) is 0 Å². The molecule has 0 heterocycles. The van der Waals surface area contributed by atoms with Gasteiger partial charge in [0.15, 0.2) is 0 Å². The predicted octanol–water partition coefficient (Wildman–Crippen LogP) is 2.02. The van der Waals surface area contributed by atoms with Crippen LogP contribution in [0.5, 0.6) is 0 Å². The summed E-state index contributed by atoms with van der Waals surface area (Å²) in [5.74, 6) is -2.21. The Morgan fingerprint density at radius 2 is 1.81 bits per heavy atom. The quantitative estimate of drug-likeness (QED) is 0.770. The summed E-state index contributed by atoms with van der Waals surface area (Å²) in [6.07, 6.45) is -0.381. The van der Waals surface area contributed by atoms with Crippen LogP contribution in [-0.4, -0.2) is 27.4 Å². The van der Waals surface area contributed by atoms with Gasteiger partial charge in [-0.05, 0) is 19.1 Å². The molecule has 1 aromatic rings. The highest BCUT2D eigenvalue weighted by molar-refractivity contribution is 8.00. The van der Waals surface area contributed by atoms with E-state index in [-0.39, 0.29) is 6.42 Å². The van der Waals surface area contributed by atoms with Gasteiger partial charge in [0.2, 0.25) is 0 Å². The highest BCUT2D eigenvalue weighted by Gasteiger charge is 2.22. The van der Waals surface area contributed by atoms with E-state index in [0.29, 0.717) is 0 Å². The Labute approximate surface area is 97.3 Å². The number of carboxylic acids is 2. The third kappa shape index (κ3) is 3.94. The number of benzene rings is 1. The van der Waals surface area contributed by atoms with Crippen LogP contribution in [0.15, 0.2) is 29.2 Å². The molecule has 1 atom stereocenters. The van der Waals surface area contributed by atoms with Gasteiger partial charge in [-0.1, -0.05) is 17.7 Å². The van der Waals surface area contributed by atoms with Crippen molar-refractivity contribution in [1.29, 1.82) is 0 Å². The summed E-state index contributed by atoms with van der Waals surface area (Å²) in [5.41, 5.74) is 1.08. The molecule has 2 N–H and O–H groups in total. The van der Waals surface area contributed by atoms with E-state index in [1.807, 2.05) is 19.1 Å². The van der Waals surface area contributed by atoms with Crippen molar-refractivity contribution in [1.82, 2.24) is 0 Å². The summed E-state index contributed by atoms with van der Waals surface area (Å²) in [7, 11) is 0. The first-order valence-electron chi connectivity index (χ1n) is 4.67. The minimum Gasteiger partial charge on any atom is -0.481 e. The van der Waals surface area contributed by atoms with Crippen LogP contribution in [0.1, 0.15) is 12.0 Å². The average Bonchev–Trinajstić information content (AvgIpc) is 2.19. The summed E-state index contributed by atoms with van der Waals surface area (Å²) < 4.78 is 0. The van der Waals surface area contributed by atoms with E-state index in [4.69, 9.17) is 10.2 Å². The molecule has 0 aromatic heterocycles. The van der Waals surface area contributed by atoms with Gasteiger partial charge < -0.3 is 10.2 Å². The van der Waals surface area contributed by atoms with Crippen molar-refractivity contribution in [2.75, 3.05) is 0 Å². The first-order valence-corrected chi connectivity index (χ1v) is 5.55. The Bertz CT molecular complexity index is 385. The predicted molar refractivity (Wildman–Crippen MR) is 60.7 cm³/mol. The Hall–Kier alpha value is -1.49. The van der Waals surface area contributed by atoms with Crippen LogP contribution in [0.3, 0.4) is 0 Å². The lowest BCUT2D eigenvalue weighted by molar-refractivity contribution is -0.142. The molecule has 4 nitrogen and oxygen atoms in total. The largest absolute Gasteiger partial charge is 0.481 e. The van der Waals surface area contributed by atoms with Gasteiger partial charge in [-0.25, -0.2) is 0 Å². The lowest BCUT2D eigenvalue weighted by atomic mass is 10.2. The summed E-state index contributed by atoms with van der Waals surface area (Å²) in [4.78, 5) is 22.1. The number of carboxylic acid groups (broad SMARTS) is 2. The van der Waals surface area contributed by atoms with Gasteiger partial charge in [0, 0.05) is 4.90 Å². The van der Waals surface area contributed by atoms with E-state index < -0.39 is 17.2 Å². The molecule has 0 aliphatic rings. The van der Waals surface area contributed by atoms with Crippen LogP contribution in [-0.2, 0) is 9.59 Å². The second kappa shape index (κ2) is 5.55. The first-order chi connectivity index (χ1) is 7.49. The van der Waals surface area contributed by atoms with Crippen LogP contribution >= 0.6 is 11.8 Å². The van der Waals surface area contributed by atoms with Gasteiger partial charge in [-0.15, -0.1) is 11.8 Å². The van der Waals surface area contributed by atoms with E-state index in [1.165, 1.54) is 0 Å². The van der Waals surface area contributed by atoms with E-state index in [1.54, 1.807) is 12.1 Å². The molecular weight excluding hydrogens is 228 g/mol. The number of aryl methyl sites for hydroxylation is 1. The van der Waals surface area contributed by atoms with E-state index in [9.17, 15) is 9.59 Å². The zero-order valence-corrected chi connectivity index (χ0v) is 9.53. The molecule has 86 valence electrons. The average molecular weight is 240 g/mol. The lowest BCUT2D eigenvalue weighted by Gasteiger charge is -2.09. The van der Waals surface area contributed by atoms with Crippen molar-refractivity contribution < 1.29 is 19.8 Å². The zero-order chi connectivity index (χ0) is 12.1. The molecule has 0 aliphatic carbocycles. The molecule has 0 aliphatic heterocycles. The molecular formula is C11H12O4S. The van der Waals surface area contributed by atoms with Crippen molar-refractivity contribution in [3.05, 3.63) is 29.8 Å². The number of aliphatic carboxylic acids is 2. The summed E-state index contributed by atoms with van der Waals surface area (Å²) in [5, 5.41) is 16.5. The smallest absolute Gasteiger partial charge is 0.317 e. The van der Waals surface area contributed by atoms with E-state index in [0.717, 1.165) is 22.2 Å². The summed E-state index contributed by atoms with van der Waals surface area (Å²) >= 11 is 1.05. The van der Waals surface area contributed by atoms with Gasteiger partial charge in [0.25, 0.3) is 0 Å². The topological polar surface area (TPSA) is 74.6 Å². The van der Waals surface area contributed by atoms with Crippen molar-refractivity contribution in [3.63, 3.8) is 0 Å². The van der Waals surface area contributed by atoms with Gasteiger partial charge in [-0.2, -0.15) is 0 Å². The van der Waals surface area contributed by atoms with Crippen LogP contribution in [0.2, 0.25) is 0 Å². The highest BCUT2D eigenvalue weighted by Crippen LogP contribution is 2.25. The number of rotatable bonds is 5. The maximum absolute atomic E-state index is 10.8. The highest BCUT2D eigenvalue weighted by atomic mass is 32.2. The maximum atomic E-state index is 10.8. The van der Waals surface area contributed by atoms with Gasteiger partial charge in [0.05, 0.1) is 6.42 Å². The zero-order valence-electron chi connectivity index (χ0n) is 8.71. The van der Waals surface area contributed by atoms with Crippen LogP contribution in [0.4, 0.5) is 0 Å². The Morgan fingerprint density at radius 3 is 2.25 bits per heavy atom. The fraction of sp³-hybridized carbons (Fsp3) is 0.273. The molecule has 0 fully saturated rings. The minimum atomic E-state index is -1.10. The van der Waals surface area contributed by atoms with Gasteiger partial charge in [0.1, 0.15) is 5.25 Å². The monoisotopic (exact) mass is 240 g/mol. The molecule has 16 heavy (non-hydrogen) atoms. The van der Waals surface area contributed by atoms with Gasteiger partial charge >= 0.3 is 11.9 Å². The van der Waals surface area contributed by atoms with Crippen molar-refractivity contribution in [2.45, 2.75) is 23.5 Å². The Balaban J connectivity index is 2.71. The summed E-state index contributed by atoms with van der Waals surface area (Å²) in [6.45, 7) is 1.93. The molecule has 0 radical (unpaired) electrons. The number of hydrogen-bond donors (Lipinski definition) is 2. The van der Waals surface area contributed by atoms with Gasteiger partial charge in [-0.3, -0.25) is 9.59 Å². The van der Waals surface area contributed by atoms with Crippen LogP contribution in [0, 0.1) is 6.92 Å². The molecule has 0 bridgehead atoms. The molecule has 1 rings (SSSR count). The normalized spacial score (nSPS) is 12.1. The second-order valence-corrected chi connectivity index (χ2v) is 4.63. The number of hydrogen-bond acceptors (Lipinski definition) is 3. The number of carbonyl (C=O) groups is 2. The van der Waals surface area contributed by atoms with E-state index in [2.05, 4.69) is 0 Å². The SMILES string of the molecule is Cc1ccc(SC(CC(=O)O)C(=O)O)cc1. The minimum absolute atomic E-state index is 0.381. The molecule has 5 heteroatoms. The third-order valence-corrected chi connectivity index (χ3v) is 3.13. The first kappa shape index (κ1) is 12.6. The van der Waals surface area contributed by atoms with Crippen LogP contribution < -0.4 is 0 Å². The van der Waals surface area contributed by atoms with E-state index >= 15 is 0 Å². The van der Waals surface area contributed by atoms with Crippen molar-refractivity contribution in [3.8, 4) is 0 Å². The Kier molecular flexibility index (Phi) is 4.37. The fourth-order valence-corrected chi connectivity index (χ4v) is 2.07. The fourth-order valence-electron chi connectivity index (χ4n) is 1.12. The number of thioether (sulfide) groups is 1. The maximum Gasteiger partial charge on any atom is 0.317 e. The molecule has 0 saturated carbocycles. The van der Waals surface area contributed by atoms with Crippen molar-refractivity contribution >= 4 is 23.7 Å².